The van der Waals surface area contributed by atoms with E-state index in [2.05, 4.69) is 6.58 Å². The molecule has 0 radical (unpaired) electrons. The summed E-state index contributed by atoms with van der Waals surface area (Å²) >= 11 is 0. The second-order valence-corrected chi connectivity index (χ2v) is 5.27. The fourth-order valence-corrected chi connectivity index (χ4v) is 3.60. The highest BCUT2D eigenvalue weighted by Crippen LogP contribution is 2.50. The van der Waals surface area contributed by atoms with Crippen molar-refractivity contribution in [1.29, 1.82) is 0 Å². The molecule has 0 aromatic heterocycles. The van der Waals surface area contributed by atoms with Crippen molar-refractivity contribution in [1.82, 2.24) is 0 Å². The maximum atomic E-state index is 11.7. The molecule has 5 unspecified atom stereocenters. The summed E-state index contributed by atoms with van der Waals surface area (Å²) in [4.78, 5) is 23.0. The molecule has 4 nitrogen and oxygen atoms in total. The Labute approximate surface area is 100.0 Å². The third-order valence-electron chi connectivity index (χ3n) is 4.35. The van der Waals surface area contributed by atoms with Gasteiger partial charge in [-0.15, -0.1) is 0 Å². The zero-order valence-electron chi connectivity index (χ0n) is 9.63. The zero-order chi connectivity index (χ0) is 12.0. The van der Waals surface area contributed by atoms with E-state index in [1.54, 1.807) is 0 Å². The minimum absolute atomic E-state index is 0.0511. The SMILES string of the molecule is C=CC(=O)OC1CCC2CC3C(=O)OC1C3C2. The summed E-state index contributed by atoms with van der Waals surface area (Å²) in [7, 11) is 0. The predicted octanol–water partition coefficient (Wildman–Crippen LogP) is 1.45. The molecule has 0 N–H and O–H groups in total. The van der Waals surface area contributed by atoms with E-state index in [0.29, 0.717) is 5.92 Å². The van der Waals surface area contributed by atoms with Gasteiger partial charge in [0.2, 0.25) is 0 Å². The van der Waals surface area contributed by atoms with Gasteiger partial charge in [-0.3, -0.25) is 4.79 Å². The van der Waals surface area contributed by atoms with E-state index in [1.807, 2.05) is 0 Å². The van der Waals surface area contributed by atoms with Gasteiger partial charge in [-0.2, -0.15) is 0 Å². The van der Waals surface area contributed by atoms with Gasteiger partial charge in [0.1, 0.15) is 12.2 Å². The summed E-state index contributed by atoms with van der Waals surface area (Å²) in [5.74, 6) is 0.400. The molecule has 1 saturated heterocycles. The summed E-state index contributed by atoms with van der Waals surface area (Å²) in [5.41, 5.74) is 0. The Morgan fingerprint density at radius 2 is 2.24 bits per heavy atom. The molecule has 3 aliphatic rings. The van der Waals surface area contributed by atoms with Gasteiger partial charge >= 0.3 is 11.9 Å². The Morgan fingerprint density at radius 3 is 3.00 bits per heavy atom. The van der Waals surface area contributed by atoms with Crippen molar-refractivity contribution >= 4 is 11.9 Å². The maximum absolute atomic E-state index is 11.7. The molecule has 4 heteroatoms. The number of esters is 2. The van der Waals surface area contributed by atoms with Crippen LogP contribution in [0.25, 0.3) is 0 Å². The number of carbonyl (C=O) groups is 2. The van der Waals surface area contributed by atoms with Gasteiger partial charge in [0.15, 0.2) is 0 Å². The monoisotopic (exact) mass is 236 g/mol. The lowest BCUT2D eigenvalue weighted by atomic mass is 9.89. The summed E-state index contributed by atoms with van der Waals surface area (Å²) in [6.07, 6.45) is 4.50. The molecule has 1 aliphatic heterocycles. The second-order valence-electron chi connectivity index (χ2n) is 5.27. The van der Waals surface area contributed by atoms with Crippen LogP contribution in [0.3, 0.4) is 0 Å². The lowest BCUT2D eigenvalue weighted by Crippen LogP contribution is -2.34. The van der Waals surface area contributed by atoms with Gasteiger partial charge < -0.3 is 9.47 Å². The predicted molar refractivity (Wildman–Crippen MR) is 58.9 cm³/mol. The Bertz CT molecular complexity index is 376. The van der Waals surface area contributed by atoms with Gasteiger partial charge in [-0.25, -0.2) is 4.79 Å². The van der Waals surface area contributed by atoms with Crippen molar-refractivity contribution < 1.29 is 19.1 Å². The fourth-order valence-electron chi connectivity index (χ4n) is 3.60. The lowest BCUT2D eigenvalue weighted by molar-refractivity contribution is -0.159. The van der Waals surface area contributed by atoms with Crippen LogP contribution in [0.15, 0.2) is 12.7 Å². The van der Waals surface area contributed by atoms with Crippen molar-refractivity contribution in [2.75, 3.05) is 0 Å². The summed E-state index contributed by atoms with van der Waals surface area (Å²) in [5, 5.41) is 0. The molecule has 2 aliphatic carbocycles. The van der Waals surface area contributed by atoms with E-state index in [-0.39, 0.29) is 30.0 Å². The molecule has 2 saturated carbocycles. The van der Waals surface area contributed by atoms with Gasteiger partial charge in [0.25, 0.3) is 0 Å². The Hall–Kier alpha value is -1.32. The van der Waals surface area contributed by atoms with Crippen molar-refractivity contribution in [2.24, 2.45) is 17.8 Å². The molecular formula is C13H16O4. The van der Waals surface area contributed by atoms with E-state index in [9.17, 15) is 9.59 Å². The average molecular weight is 236 g/mol. The van der Waals surface area contributed by atoms with Crippen LogP contribution in [0.5, 0.6) is 0 Å². The molecule has 0 aromatic rings. The number of hydrogen-bond acceptors (Lipinski definition) is 4. The largest absolute Gasteiger partial charge is 0.458 e. The van der Waals surface area contributed by atoms with Gasteiger partial charge in [0, 0.05) is 12.0 Å². The van der Waals surface area contributed by atoms with E-state index in [4.69, 9.17) is 9.47 Å². The lowest BCUT2D eigenvalue weighted by Gasteiger charge is -2.24. The van der Waals surface area contributed by atoms with E-state index in [1.165, 1.54) is 0 Å². The van der Waals surface area contributed by atoms with E-state index >= 15 is 0 Å². The molecule has 92 valence electrons. The molecule has 5 atom stereocenters. The third kappa shape index (κ3) is 1.66. The van der Waals surface area contributed by atoms with Crippen LogP contribution in [-0.4, -0.2) is 24.1 Å². The molecule has 0 aromatic carbocycles. The topological polar surface area (TPSA) is 52.6 Å². The van der Waals surface area contributed by atoms with Crippen LogP contribution in [-0.2, 0) is 19.1 Å². The van der Waals surface area contributed by atoms with Gasteiger partial charge in [0.05, 0.1) is 5.92 Å². The zero-order valence-corrected chi connectivity index (χ0v) is 9.63. The second kappa shape index (κ2) is 3.86. The number of ether oxygens (including phenoxy) is 2. The van der Waals surface area contributed by atoms with Crippen LogP contribution in [0.1, 0.15) is 25.7 Å². The Morgan fingerprint density at radius 1 is 1.41 bits per heavy atom. The number of hydrogen-bond donors (Lipinski definition) is 0. The smallest absolute Gasteiger partial charge is 0.330 e. The van der Waals surface area contributed by atoms with Crippen LogP contribution in [0.2, 0.25) is 0 Å². The van der Waals surface area contributed by atoms with Crippen LogP contribution in [0.4, 0.5) is 0 Å². The van der Waals surface area contributed by atoms with Crippen molar-refractivity contribution in [3.63, 3.8) is 0 Å². The normalized spacial score (nSPS) is 42.8. The van der Waals surface area contributed by atoms with Crippen molar-refractivity contribution in [3.05, 3.63) is 12.7 Å². The van der Waals surface area contributed by atoms with Crippen molar-refractivity contribution in [2.45, 2.75) is 37.9 Å². The van der Waals surface area contributed by atoms with Crippen LogP contribution in [0, 0.1) is 17.8 Å². The highest BCUT2D eigenvalue weighted by Gasteiger charge is 2.55. The quantitative estimate of drug-likeness (QED) is 0.538. The number of fused-ring (bicyclic) bond motifs is 1. The standard InChI is InChI=1S/C13H16O4/c1-2-11(14)16-10-4-3-7-5-8-9(6-7)13(15)17-12(8)10/h2,7-10,12H,1,3-6H2. The van der Waals surface area contributed by atoms with Gasteiger partial charge in [-0.1, -0.05) is 6.58 Å². The number of rotatable bonds is 2. The molecule has 17 heavy (non-hydrogen) atoms. The summed E-state index contributed by atoms with van der Waals surface area (Å²) < 4.78 is 10.7. The third-order valence-corrected chi connectivity index (χ3v) is 4.35. The maximum Gasteiger partial charge on any atom is 0.330 e. The average Bonchev–Trinajstić information content (AvgIpc) is 2.81. The molecule has 3 fully saturated rings. The molecular weight excluding hydrogens is 220 g/mol. The summed E-state index contributed by atoms with van der Waals surface area (Å²) in [6, 6.07) is 0. The molecule has 3 rings (SSSR count). The fraction of sp³-hybridized carbons (Fsp3) is 0.692. The van der Waals surface area contributed by atoms with Crippen molar-refractivity contribution in [3.8, 4) is 0 Å². The highest BCUT2D eigenvalue weighted by molar-refractivity contribution is 5.81. The highest BCUT2D eigenvalue weighted by atomic mass is 16.6. The first-order valence-corrected chi connectivity index (χ1v) is 6.22. The minimum atomic E-state index is -0.424. The Balaban J connectivity index is 1.81. The molecule has 0 spiro atoms. The van der Waals surface area contributed by atoms with E-state index in [0.717, 1.165) is 31.8 Å². The Kier molecular flexibility index (Phi) is 2.45. The first-order valence-electron chi connectivity index (χ1n) is 6.22. The van der Waals surface area contributed by atoms with Crippen LogP contribution >= 0.6 is 0 Å². The molecule has 2 bridgehead atoms. The minimum Gasteiger partial charge on any atom is -0.458 e. The van der Waals surface area contributed by atoms with Gasteiger partial charge in [-0.05, 0) is 31.6 Å². The first kappa shape index (κ1) is 10.8. The summed E-state index contributed by atoms with van der Waals surface area (Å²) in [6.45, 7) is 3.39. The number of carbonyl (C=O) groups excluding carboxylic acids is 2. The van der Waals surface area contributed by atoms with E-state index < -0.39 is 5.97 Å². The first-order chi connectivity index (χ1) is 8.19. The molecule has 0 amide bonds. The van der Waals surface area contributed by atoms with Crippen LogP contribution < -0.4 is 0 Å². The molecule has 1 heterocycles.